The summed E-state index contributed by atoms with van der Waals surface area (Å²) >= 11 is 0. The minimum absolute atomic E-state index is 0.414. The summed E-state index contributed by atoms with van der Waals surface area (Å²) in [7, 11) is 0. The van der Waals surface area contributed by atoms with Crippen molar-refractivity contribution in [3.8, 4) is 0 Å². The lowest BCUT2D eigenvalue weighted by molar-refractivity contribution is 0.374. The number of aliphatic hydroxyl groups excluding tert-OH is 1. The number of halogens is 2. The van der Waals surface area contributed by atoms with E-state index in [9.17, 15) is 8.78 Å². The van der Waals surface area contributed by atoms with Crippen LogP contribution in [0.1, 0.15) is 6.42 Å². The van der Waals surface area contributed by atoms with Crippen LogP contribution >= 0.6 is 0 Å². The first kappa shape index (κ1) is 6.26. The van der Waals surface area contributed by atoms with E-state index in [2.05, 4.69) is 0 Å². The van der Waals surface area contributed by atoms with E-state index in [1.165, 1.54) is 0 Å². The monoisotopic (exact) mass is 131 g/mol. The predicted octanol–water partition coefficient (Wildman–Crippen LogP) is 2.19. The molecular weight excluding hydrogens is 126 g/mol. The molecule has 1 aliphatic rings. The summed E-state index contributed by atoms with van der Waals surface area (Å²) in [6.45, 7) is 0. The molecule has 0 aromatic carbocycles. The number of aliphatic hydroxyl groups is 1. The minimum Gasteiger partial charge on any atom is -0.505 e. The standard InChI is InChI=1S/C6H5F2O/c7-4-1-2-6(9)5(8)3-4/h1-2,9H,3H2. The van der Waals surface area contributed by atoms with Crippen LogP contribution < -0.4 is 0 Å². The fourth-order valence-corrected chi connectivity index (χ4v) is 0.558. The van der Waals surface area contributed by atoms with E-state index in [0.29, 0.717) is 0 Å². The van der Waals surface area contributed by atoms with E-state index in [0.717, 1.165) is 12.2 Å². The lowest BCUT2D eigenvalue weighted by atomic mass is 10.1. The van der Waals surface area contributed by atoms with Crippen molar-refractivity contribution in [3.63, 3.8) is 0 Å². The molecule has 0 atom stereocenters. The second-order valence-electron chi connectivity index (χ2n) is 1.75. The van der Waals surface area contributed by atoms with Crippen LogP contribution in [-0.2, 0) is 0 Å². The molecule has 1 nitrogen and oxygen atoms in total. The van der Waals surface area contributed by atoms with E-state index in [1.807, 2.05) is 0 Å². The predicted molar refractivity (Wildman–Crippen MR) is 28.9 cm³/mol. The van der Waals surface area contributed by atoms with Gasteiger partial charge in [-0.25, -0.2) is 8.78 Å². The third kappa shape index (κ3) is 1.28. The molecule has 1 rings (SSSR count). The molecule has 9 heavy (non-hydrogen) atoms. The Labute approximate surface area is 51.3 Å². The van der Waals surface area contributed by atoms with Crippen molar-refractivity contribution in [2.75, 3.05) is 0 Å². The zero-order valence-electron chi connectivity index (χ0n) is 4.56. The van der Waals surface area contributed by atoms with Crippen LogP contribution in [0, 0.1) is 6.17 Å². The van der Waals surface area contributed by atoms with Gasteiger partial charge in [0.15, 0.2) is 6.17 Å². The molecule has 3 heteroatoms. The Hall–Kier alpha value is -0.860. The summed E-state index contributed by atoms with van der Waals surface area (Å²) in [5, 5.41) is 8.53. The van der Waals surface area contributed by atoms with Gasteiger partial charge in [0.25, 0.3) is 0 Å². The Morgan fingerprint density at radius 2 is 2.00 bits per heavy atom. The van der Waals surface area contributed by atoms with Crippen LogP contribution in [0.3, 0.4) is 0 Å². The topological polar surface area (TPSA) is 20.2 Å². The van der Waals surface area contributed by atoms with Gasteiger partial charge in [-0.05, 0) is 12.2 Å². The Bertz CT molecular complexity index is 172. The normalized spacial score (nSPS) is 21.1. The van der Waals surface area contributed by atoms with E-state index >= 15 is 0 Å². The average Bonchev–Trinajstić information content (AvgIpc) is 1.80. The lowest BCUT2D eigenvalue weighted by Crippen LogP contribution is -1.94. The van der Waals surface area contributed by atoms with Gasteiger partial charge in [-0.2, -0.15) is 0 Å². The highest BCUT2D eigenvalue weighted by Gasteiger charge is 2.15. The molecule has 1 radical (unpaired) electrons. The summed E-state index contributed by atoms with van der Waals surface area (Å²) in [6.07, 6.45) is 1.06. The van der Waals surface area contributed by atoms with Crippen molar-refractivity contribution in [1.29, 1.82) is 0 Å². The molecule has 0 aliphatic heterocycles. The maximum Gasteiger partial charge on any atom is 0.173 e. The molecule has 0 fully saturated rings. The smallest absolute Gasteiger partial charge is 0.173 e. The largest absolute Gasteiger partial charge is 0.505 e. The summed E-state index contributed by atoms with van der Waals surface area (Å²) in [6, 6.07) is 0. The second-order valence-corrected chi connectivity index (χ2v) is 1.75. The number of rotatable bonds is 0. The fourth-order valence-electron chi connectivity index (χ4n) is 0.558. The lowest BCUT2D eigenvalue weighted by Gasteiger charge is -2.05. The number of allylic oxidation sites excluding steroid dienone is 3. The zero-order valence-corrected chi connectivity index (χ0v) is 4.56. The highest BCUT2D eigenvalue weighted by atomic mass is 19.1. The summed E-state index contributed by atoms with van der Waals surface area (Å²) < 4.78 is 24.2. The molecule has 0 bridgehead atoms. The zero-order chi connectivity index (χ0) is 6.85. The highest BCUT2D eigenvalue weighted by Crippen LogP contribution is 2.24. The summed E-state index contributed by atoms with van der Waals surface area (Å²) in [4.78, 5) is 0. The Kier molecular flexibility index (Phi) is 1.51. The van der Waals surface area contributed by atoms with Crippen molar-refractivity contribution in [2.24, 2.45) is 0 Å². The maximum absolute atomic E-state index is 12.1. The summed E-state index contributed by atoms with van der Waals surface area (Å²) in [5.74, 6) is -1.29. The van der Waals surface area contributed by atoms with E-state index in [-0.39, 0.29) is 0 Å². The molecule has 0 saturated carbocycles. The van der Waals surface area contributed by atoms with E-state index in [4.69, 9.17) is 5.11 Å². The molecular formula is C6H5F2O. The Balaban J connectivity index is 2.75. The minimum atomic E-state index is -0.810. The molecule has 0 amide bonds. The van der Waals surface area contributed by atoms with Crippen LogP contribution in [0.2, 0.25) is 0 Å². The average molecular weight is 131 g/mol. The van der Waals surface area contributed by atoms with E-state index in [1.54, 1.807) is 0 Å². The Morgan fingerprint density at radius 3 is 2.44 bits per heavy atom. The van der Waals surface area contributed by atoms with Gasteiger partial charge < -0.3 is 5.11 Å². The van der Waals surface area contributed by atoms with Crippen LogP contribution in [0.4, 0.5) is 8.78 Å². The molecule has 0 saturated heterocycles. The molecule has 0 aromatic heterocycles. The van der Waals surface area contributed by atoms with Crippen LogP contribution in [0.25, 0.3) is 0 Å². The molecule has 49 valence electrons. The first-order valence-electron chi connectivity index (χ1n) is 2.47. The Morgan fingerprint density at radius 1 is 1.33 bits per heavy atom. The number of hydrogen-bond donors (Lipinski definition) is 1. The molecule has 0 unspecified atom stereocenters. The first-order valence-corrected chi connectivity index (χ1v) is 2.47. The van der Waals surface area contributed by atoms with Crippen molar-refractivity contribution < 1.29 is 13.9 Å². The van der Waals surface area contributed by atoms with Crippen molar-refractivity contribution >= 4 is 0 Å². The van der Waals surface area contributed by atoms with Crippen molar-refractivity contribution in [3.05, 3.63) is 29.9 Å². The van der Waals surface area contributed by atoms with Crippen molar-refractivity contribution in [2.45, 2.75) is 6.42 Å². The van der Waals surface area contributed by atoms with Gasteiger partial charge in [0, 0.05) is 6.42 Å². The first-order chi connectivity index (χ1) is 4.20. The van der Waals surface area contributed by atoms with Gasteiger partial charge in [0.1, 0.15) is 11.6 Å². The SMILES string of the molecule is OC1=C(F)C[C](F)C=C1. The molecule has 1 N–H and O–H groups in total. The van der Waals surface area contributed by atoms with E-state index < -0.39 is 24.2 Å². The van der Waals surface area contributed by atoms with Gasteiger partial charge in [-0.1, -0.05) is 0 Å². The molecule has 0 heterocycles. The third-order valence-corrected chi connectivity index (χ3v) is 1.02. The number of hydrogen-bond acceptors (Lipinski definition) is 1. The van der Waals surface area contributed by atoms with Crippen molar-refractivity contribution in [1.82, 2.24) is 0 Å². The third-order valence-electron chi connectivity index (χ3n) is 1.02. The van der Waals surface area contributed by atoms with Gasteiger partial charge in [0.05, 0.1) is 0 Å². The van der Waals surface area contributed by atoms with Crippen LogP contribution in [0.15, 0.2) is 23.7 Å². The van der Waals surface area contributed by atoms with Gasteiger partial charge in [-0.3, -0.25) is 0 Å². The molecule has 0 spiro atoms. The maximum atomic E-state index is 12.1. The van der Waals surface area contributed by atoms with Gasteiger partial charge in [-0.15, -0.1) is 0 Å². The molecule has 1 aliphatic carbocycles. The van der Waals surface area contributed by atoms with Crippen LogP contribution in [-0.4, -0.2) is 5.11 Å². The summed E-state index contributed by atoms with van der Waals surface area (Å²) in [5.41, 5.74) is 0. The van der Waals surface area contributed by atoms with Gasteiger partial charge in [0.2, 0.25) is 0 Å². The van der Waals surface area contributed by atoms with Crippen LogP contribution in [0.5, 0.6) is 0 Å². The fraction of sp³-hybridized carbons (Fsp3) is 0.167. The molecule has 0 aromatic rings. The quantitative estimate of drug-likeness (QED) is 0.534. The second kappa shape index (κ2) is 2.17. The highest BCUT2D eigenvalue weighted by molar-refractivity contribution is 5.27. The van der Waals surface area contributed by atoms with Gasteiger partial charge >= 0.3 is 0 Å².